The predicted octanol–water partition coefficient (Wildman–Crippen LogP) is 2.15. The van der Waals surface area contributed by atoms with E-state index in [4.69, 9.17) is 16.3 Å². The minimum absolute atomic E-state index is 0.211. The van der Waals surface area contributed by atoms with Gasteiger partial charge in [0.15, 0.2) is 0 Å². The van der Waals surface area contributed by atoms with Gasteiger partial charge in [-0.1, -0.05) is 18.5 Å². The van der Waals surface area contributed by atoms with E-state index in [0.717, 1.165) is 18.5 Å². The molecule has 0 radical (unpaired) electrons. The average molecular weight is 335 g/mol. The normalized spacial score (nSPS) is 13.3. The third kappa shape index (κ3) is 5.92. The molecule has 0 saturated carbocycles. The molecule has 0 saturated heterocycles. The first kappa shape index (κ1) is 18.4. The molecular weight excluding hydrogens is 312 g/mol. The van der Waals surface area contributed by atoms with Crippen molar-refractivity contribution in [2.24, 2.45) is 0 Å². The number of ether oxygens (including phenoxy) is 1. The van der Waals surface area contributed by atoms with Gasteiger partial charge in [-0.15, -0.1) is 0 Å². The smallest absolute Gasteiger partial charge is 0.240 e. The highest BCUT2D eigenvalue weighted by Gasteiger charge is 2.18. The number of nitrogens with one attached hydrogen (secondary N) is 2. The first-order chi connectivity index (χ1) is 9.90. The number of rotatable bonds is 9. The lowest BCUT2D eigenvalue weighted by atomic mass is 10.2. The third-order valence-electron chi connectivity index (χ3n) is 2.84. The van der Waals surface area contributed by atoms with Crippen LogP contribution in [0.3, 0.4) is 0 Å². The van der Waals surface area contributed by atoms with Crippen molar-refractivity contribution in [1.82, 2.24) is 10.0 Å². The Morgan fingerprint density at radius 2 is 2.10 bits per heavy atom. The molecule has 120 valence electrons. The van der Waals surface area contributed by atoms with Crippen LogP contribution in [0.4, 0.5) is 0 Å². The lowest BCUT2D eigenvalue weighted by Gasteiger charge is -2.14. The van der Waals surface area contributed by atoms with Crippen molar-refractivity contribution in [2.75, 3.05) is 20.3 Å². The SMILES string of the molecule is CCCNCc1cc(S(=O)(=O)NC(C)COC)ccc1Cl. The van der Waals surface area contributed by atoms with Crippen molar-refractivity contribution in [3.63, 3.8) is 0 Å². The Bertz CT molecular complexity index is 549. The van der Waals surface area contributed by atoms with Gasteiger partial charge in [0.05, 0.1) is 11.5 Å². The van der Waals surface area contributed by atoms with Gasteiger partial charge in [-0.05, 0) is 43.7 Å². The number of sulfonamides is 1. The molecule has 1 unspecified atom stereocenters. The Morgan fingerprint density at radius 3 is 2.71 bits per heavy atom. The van der Waals surface area contributed by atoms with E-state index < -0.39 is 10.0 Å². The summed E-state index contributed by atoms with van der Waals surface area (Å²) in [6.45, 7) is 5.54. The molecule has 0 aliphatic heterocycles. The van der Waals surface area contributed by atoms with Crippen molar-refractivity contribution in [3.05, 3.63) is 28.8 Å². The third-order valence-corrected chi connectivity index (χ3v) is 4.80. The van der Waals surface area contributed by atoms with Crippen LogP contribution in [-0.2, 0) is 21.3 Å². The Kier molecular flexibility index (Phi) is 7.62. The molecular formula is C14H23ClN2O3S. The average Bonchev–Trinajstić information content (AvgIpc) is 2.40. The molecule has 1 aromatic carbocycles. The van der Waals surface area contributed by atoms with Crippen LogP contribution < -0.4 is 10.0 Å². The van der Waals surface area contributed by atoms with Crippen LogP contribution in [0.5, 0.6) is 0 Å². The van der Waals surface area contributed by atoms with Gasteiger partial charge in [0.2, 0.25) is 10.0 Å². The van der Waals surface area contributed by atoms with Crippen LogP contribution in [0, 0.1) is 0 Å². The fourth-order valence-electron chi connectivity index (χ4n) is 1.87. The zero-order valence-electron chi connectivity index (χ0n) is 12.6. The number of benzene rings is 1. The van der Waals surface area contributed by atoms with Gasteiger partial charge >= 0.3 is 0 Å². The largest absolute Gasteiger partial charge is 0.383 e. The molecule has 0 fully saturated rings. The molecule has 21 heavy (non-hydrogen) atoms. The lowest BCUT2D eigenvalue weighted by molar-refractivity contribution is 0.180. The second kappa shape index (κ2) is 8.70. The molecule has 1 rings (SSSR count). The Labute approximate surface area is 132 Å². The van der Waals surface area contributed by atoms with Crippen molar-refractivity contribution < 1.29 is 13.2 Å². The van der Waals surface area contributed by atoms with E-state index in [9.17, 15) is 8.42 Å². The Hall–Kier alpha value is -0.660. The summed E-state index contributed by atoms with van der Waals surface area (Å²) >= 11 is 6.11. The highest BCUT2D eigenvalue weighted by atomic mass is 35.5. The van der Waals surface area contributed by atoms with Crippen molar-refractivity contribution >= 4 is 21.6 Å². The summed E-state index contributed by atoms with van der Waals surface area (Å²) < 4.78 is 32.1. The van der Waals surface area contributed by atoms with Crippen LogP contribution in [0.1, 0.15) is 25.8 Å². The molecule has 0 spiro atoms. The maximum Gasteiger partial charge on any atom is 0.240 e. The standard InChI is InChI=1S/C14H23ClN2O3S/c1-4-7-16-9-12-8-13(5-6-14(12)15)21(18,19)17-11(2)10-20-3/h5-6,8,11,16-17H,4,7,9-10H2,1-3H3. The van der Waals surface area contributed by atoms with Crippen LogP contribution in [0.2, 0.25) is 5.02 Å². The molecule has 7 heteroatoms. The summed E-state index contributed by atoms with van der Waals surface area (Å²) in [6, 6.07) is 4.43. The number of halogens is 1. The molecule has 2 N–H and O–H groups in total. The van der Waals surface area contributed by atoms with E-state index in [2.05, 4.69) is 17.0 Å². The first-order valence-corrected chi connectivity index (χ1v) is 8.77. The van der Waals surface area contributed by atoms with Gasteiger partial charge in [0, 0.05) is 24.7 Å². The first-order valence-electron chi connectivity index (χ1n) is 6.91. The van der Waals surface area contributed by atoms with Crippen molar-refractivity contribution in [2.45, 2.75) is 37.8 Å². The molecule has 0 aliphatic carbocycles. The number of methoxy groups -OCH3 is 1. The fourth-order valence-corrected chi connectivity index (χ4v) is 3.33. The van der Waals surface area contributed by atoms with Gasteiger partial charge in [-0.3, -0.25) is 0 Å². The van der Waals surface area contributed by atoms with Crippen LogP contribution in [0.15, 0.2) is 23.1 Å². The van der Waals surface area contributed by atoms with E-state index >= 15 is 0 Å². The van der Waals surface area contributed by atoms with E-state index in [1.165, 1.54) is 13.2 Å². The highest BCUT2D eigenvalue weighted by Crippen LogP contribution is 2.20. The summed E-state index contributed by atoms with van der Waals surface area (Å²) in [6.07, 6.45) is 1.01. The quantitative estimate of drug-likeness (QED) is 0.679. The zero-order chi connectivity index (χ0) is 15.9. The summed E-state index contributed by atoms with van der Waals surface area (Å²) in [4.78, 5) is 0.211. The Balaban J connectivity index is 2.89. The van der Waals surface area contributed by atoms with Crippen molar-refractivity contribution in [3.8, 4) is 0 Å². The van der Waals surface area contributed by atoms with Crippen molar-refractivity contribution in [1.29, 1.82) is 0 Å². The summed E-state index contributed by atoms with van der Waals surface area (Å²) in [7, 11) is -2.04. The summed E-state index contributed by atoms with van der Waals surface area (Å²) in [5, 5.41) is 3.77. The monoisotopic (exact) mass is 334 g/mol. The van der Waals surface area contributed by atoms with E-state index in [-0.39, 0.29) is 10.9 Å². The lowest BCUT2D eigenvalue weighted by Crippen LogP contribution is -2.35. The van der Waals surface area contributed by atoms with Crippen LogP contribution >= 0.6 is 11.6 Å². The van der Waals surface area contributed by atoms with Gasteiger partial charge < -0.3 is 10.1 Å². The maximum atomic E-state index is 12.3. The molecule has 0 aromatic heterocycles. The number of hydrogen-bond acceptors (Lipinski definition) is 4. The zero-order valence-corrected chi connectivity index (χ0v) is 14.2. The van der Waals surface area contributed by atoms with Gasteiger partial charge in [-0.25, -0.2) is 13.1 Å². The molecule has 0 bridgehead atoms. The second-order valence-electron chi connectivity index (χ2n) is 4.91. The van der Waals surface area contributed by atoms with Gasteiger partial charge in [0.1, 0.15) is 0 Å². The number of hydrogen-bond donors (Lipinski definition) is 2. The Morgan fingerprint density at radius 1 is 1.38 bits per heavy atom. The van der Waals surface area contributed by atoms with Crippen LogP contribution in [-0.4, -0.2) is 34.7 Å². The summed E-state index contributed by atoms with van der Waals surface area (Å²) in [5.41, 5.74) is 0.771. The topological polar surface area (TPSA) is 67.4 Å². The molecule has 0 heterocycles. The minimum Gasteiger partial charge on any atom is -0.383 e. The van der Waals surface area contributed by atoms with E-state index in [1.807, 2.05) is 0 Å². The van der Waals surface area contributed by atoms with Gasteiger partial charge in [-0.2, -0.15) is 0 Å². The van der Waals surface area contributed by atoms with Gasteiger partial charge in [0.25, 0.3) is 0 Å². The maximum absolute atomic E-state index is 12.3. The molecule has 0 aliphatic rings. The second-order valence-corrected chi connectivity index (χ2v) is 7.03. The van der Waals surface area contributed by atoms with E-state index in [1.54, 1.807) is 19.1 Å². The molecule has 0 amide bonds. The fraction of sp³-hybridized carbons (Fsp3) is 0.571. The molecule has 1 aromatic rings. The van der Waals surface area contributed by atoms with Crippen LogP contribution in [0.25, 0.3) is 0 Å². The molecule has 1 atom stereocenters. The molecule has 5 nitrogen and oxygen atoms in total. The predicted molar refractivity (Wildman–Crippen MR) is 85.1 cm³/mol. The minimum atomic E-state index is -3.57. The summed E-state index contributed by atoms with van der Waals surface area (Å²) in [5.74, 6) is 0. The van der Waals surface area contributed by atoms with E-state index in [0.29, 0.717) is 18.2 Å². The highest BCUT2D eigenvalue weighted by molar-refractivity contribution is 7.89.